The van der Waals surface area contributed by atoms with Crippen LogP contribution in [0.2, 0.25) is 0 Å². The Kier molecular flexibility index (Phi) is 2.67. The Bertz CT molecular complexity index is 113. The van der Waals surface area contributed by atoms with Crippen molar-refractivity contribution in [2.24, 2.45) is 11.8 Å². The highest BCUT2D eigenvalue weighted by Gasteiger charge is 2.19. The van der Waals surface area contributed by atoms with Crippen molar-refractivity contribution in [1.29, 1.82) is 5.41 Å². The van der Waals surface area contributed by atoms with Gasteiger partial charge in [0.1, 0.15) is 0 Å². The Balaban J connectivity index is 2.49. The van der Waals surface area contributed by atoms with Gasteiger partial charge >= 0.3 is 0 Å². The average molecular weight is 137 g/mol. The highest BCUT2D eigenvalue weighted by Crippen LogP contribution is 2.28. The first-order chi connectivity index (χ1) is 4.88. The van der Waals surface area contributed by atoms with Gasteiger partial charge in [0.2, 0.25) is 0 Å². The van der Waals surface area contributed by atoms with Crippen LogP contribution in [-0.2, 0) is 0 Å². The zero-order chi connectivity index (χ0) is 7.40. The smallest absolute Gasteiger partial charge is 0.000216 e. The van der Waals surface area contributed by atoms with Gasteiger partial charge in [-0.15, -0.1) is 6.58 Å². The molecule has 1 fully saturated rings. The van der Waals surface area contributed by atoms with E-state index in [1.54, 1.807) is 6.21 Å². The second kappa shape index (κ2) is 3.55. The van der Waals surface area contributed by atoms with Crippen molar-refractivity contribution in [3.05, 3.63) is 12.7 Å². The van der Waals surface area contributed by atoms with E-state index in [9.17, 15) is 0 Å². The standard InChI is InChI=1S/C9H15N/c1-2-8-5-3-4-6-9(8)7-10/h2,7-10H,1,3-6H2. The molecule has 2 atom stereocenters. The monoisotopic (exact) mass is 137 g/mol. The second-order valence-corrected chi connectivity index (χ2v) is 3.01. The molecule has 1 N–H and O–H groups in total. The molecule has 0 bridgehead atoms. The van der Waals surface area contributed by atoms with Gasteiger partial charge in [-0.3, -0.25) is 0 Å². The maximum atomic E-state index is 7.16. The van der Waals surface area contributed by atoms with Crippen molar-refractivity contribution in [3.8, 4) is 0 Å². The fourth-order valence-corrected chi connectivity index (χ4v) is 1.69. The average Bonchev–Trinajstić information content (AvgIpc) is 2.04. The van der Waals surface area contributed by atoms with Crippen LogP contribution in [0.15, 0.2) is 12.7 Å². The molecule has 1 heteroatoms. The molecule has 0 aromatic heterocycles. The van der Waals surface area contributed by atoms with E-state index in [2.05, 4.69) is 6.58 Å². The molecule has 0 aromatic rings. The summed E-state index contributed by atoms with van der Waals surface area (Å²) in [7, 11) is 0. The van der Waals surface area contributed by atoms with Gasteiger partial charge in [0.05, 0.1) is 0 Å². The lowest BCUT2D eigenvalue weighted by molar-refractivity contribution is 0.361. The molecule has 2 unspecified atom stereocenters. The second-order valence-electron chi connectivity index (χ2n) is 3.01. The van der Waals surface area contributed by atoms with E-state index < -0.39 is 0 Å². The summed E-state index contributed by atoms with van der Waals surface area (Å²) in [6.07, 6.45) is 8.65. The molecule has 0 amide bonds. The van der Waals surface area contributed by atoms with Crippen LogP contribution < -0.4 is 0 Å². The largest absolute Gasteiger partial charge is 0.313 e. The summed E-state index contributed by atoms with van der Waals surface area (Å²) < 4.78 is 0. The molecular weight excluding hydrogens is 122 g/mol. The van der Waals surface area contributed by atoms with Gasteiger partial charge < -0.3 is 5.41 Å². The lowest BCUT2D eigenvalue weighted by Crippen LogP contribution is -2.17. The van der Waals surface area contributed by atoms with E-state index in [1.807, 2.05) is 6.08 Å². The van der Waals surface area contributed by atoms with Gasteiger partial charge in [-0.2, -0.15) is 0 Å². The normalized spacial score (nSPS) is 33.2. The van der Waals surface area contributed by atoms with E-state index in [0.29, 0.717) is 11.8 Å². The van der Waals surface area contributed by atoms with E-state index in [-0.39, 0.29) is 0 Å². The zero-order valence-corrected chi connectivity index (χ0v) is 6.34. The number of rotatable bonds is 2. The van der Waals surface area contributed by atoms with E-state index in [4.69, 9.17) is 5.41 Å². The van der Waals surface area contributed by atoms with Crippen molar-refractivity contribution < 1.29 is 0 Å². The molecule has 1 saturated carbocycles. The topological polar surface area (TPSA) is 23.9 Å². The minimum absolute atomic E-state index is 0.492. The van der Waals surface area contributed by atoms with E-state index in [0.717, 1.165) is 0 Å². The number of allylic oxidation sites excluding steroid dienone is 1. The molecule has 10 heavy (non-hydrogen) atoms. The third kappa shape index (κ3) is 1.47. The van der Waals surface area contributed by atoms with Crippen molar-refractivity contribution in [2.75, 3.05) is 0 Å². The fourth-order valence-electron chi connectivity index (χ4n) is 1.69. The van der Waals surface area contributed by atoms with Crippen LogP contribution in [0.25, 0.3) is 0 Å². The molecular formula is C9H15N. The molecule has 1 aliphatic carbocycles. The third-order valence-corrected chi connectivity index (χ3v) is 2.39. The maximum absolute atomic E-state index is 7.16. The Morgan fingerprint density at radius 1 is 1.20 bits per heavy atom. The summed E-state index contributed by atoms with van der Waals surface area (Å²) in [5, 5.41) is 7.16. The first kappa shape index (κ1) is 7.52. The Morgan fingerprint density at radius 2 is 1.80 bits per heavy atom. The van der Waals surface area contributed by atoms with E-state index in [1.165, 1.54) is 25.7 Å². The SMILES string of the molecule is C=CC1CCCCC1C=N. The predicted octanol–water partition coefficient (Wildman–Crippen LogP) is 2.63. The molecule has 0 aliphatic heterocycles. The van der Waals surface area contributed by atoms with Crippen molar-refractivity contribution in [1.82, 2.24) is 0 Å². The summed E-state index contributed by atoms with van der Waals surface area (Å²) in [4.78, 5) is 0. The zero-order valence-electron chi connectivity index (χ0n) is 6.34. The summed E-state index contributed by atoms with van der Waals surface area (Å²) in [6, 6.07) is 0. The van der Waals surface area contributed by atoms with Crippen LogP contribution in [0.4, 0.5) is 0 Å². The summed E-state index contributed by atoms with van der Waals surface area (Å²) in [5.41, 5.74) is 0. The van der Waals surface area contributed by atoms with Gasteiger partial charge in [0, 0.05) is 0 Å². The lowest BCUT2D eigenvalue weighted by atomic mass is 9.80. The van der Waals surface area contributed by atoms with Gasteiger partial charge in [0.25, 0.3) is 0 Å². The molecule has 0 spiro atoms. The first-order valence-electron chi connectivity index (χ1n) is 4.01. The van der Waals surface area contributed by atoms with Crippen LogP contribution >= 0.6 is 0 Å². The molecule has 1 nitrogen and oxygen atoms in total. The Labute approximate surface area is 62.6 Å². The molecule has 1 aliphatic rings. The van der Waals surface area contributed by atoms with Crippen molar-refractivity contribution in [2.45, 2.75) is 25.7 Å². The number of hydrogen-bond donors (Lipinski definition) is 1. The molecule has 56 valence electrons. The van der Waals surface area contributed by atoms with Crippen LogP contribution in [0.1, 0.15) is 25.7 Å². The lowest BCUT2D eigenvalue weighted by Gasteiger charge is -2.25. The summed E-state index contributed by atoms with van der Waals surface area (Å²) in [5.74, 6) is 1.08. The van der Waals surface area contributed by atoms with Crippen LogP contribution in [0.3, 0.4) is 0 Å². The Morgan fingerprint density at radius 3 is 2.20 bits per heavy atom. The molecule has 0 heterocycles. The highest BCUT2D eigenvalue weighted by atomic mass is 14.4. The van der Waals surface area contributed by atoms with Gasteiger partial charge in [-0.25, -0.2) is 0 Å². The van der Waals surface area contributed by atoms with Crippen molar-refractivity contribution in [3.63, 3.8) is 0 Å². The molecule has 0 saturated heterocycles. The molecule has 0 aromatic carbocycles. The quantitative estimate of drug-likeness (QED) is 0.447. The van der Waals surface area contributed by atoms with E-state index >= 15 is 0 Å². The maximum Gasteiger partial charge on any atom is -0.000216 e. The number of hydrogen-bond acceptors (Lipinski definition) is 1. The fraction of sp³-hybridized carbons (Fsp3) is 0.667. The minimum atomic E-state index is 0.492. The Hall–Kier alpha value is -0.590. The highest BCUT2D eigenvalue weighted by molar-refractivity contribution is 5.57. The summed E-state index contributed by atoms with van der Waals surface area (Å²) in [6.45, 7) is 3.78. The third-order valence-electron chi connectivity index (χ3n) is 2.39. The van der Waals surface area contributed by atoms with Crippen LogP contribution in [-0.4, -0.2) is 6.21 Å². The van der Waals surface area contributed by atoms with Crippen molar-refractivity contribution >= 4 is 6.21 Å². The summed E-state index contributed by atoms with van der Waals surface area (Å²) >= 11 is 0. The number of nitrogens with one attached hydrogen (secondary N) is 1. The van der Waals surface area contributed by atoms with Crippen LogP contribution in [0.5, 0.6) is 0 Å². The minimum Gasteiger partial charge on any atom is -0.313 e. The van der Waals surface area contributed by atoms with Crippen LogP contribution in [0, 0.1) is 17.2 Å². The molecule has 0 radical (unpaired) electrons. The van der Waals surface area contributed by atoms with Gasteiger partial charge in [-0.1, -0.05) is 18.9 Å². The van der Waals surface area contributed by atoms with Gasteiger partial charge in [-0.05, 0) is 30.9 Å². The van der Waals surface area contributed by atoms with Gasteiger partial charge in [0.15, 0.2) is 0 Å². The first-order valence-corrected chi connectivity index (χ1v) is 4.01. The predicted molar refractivity (Wildman–Crippen MR) is 44.4 cm³/mol. The molecule has 1 rings (SSSR count).